The van der Waals surface area contributed by atoms with Gasteiger partial charge in [0, 0.05) is 12.1 Å². The van der Waals surface area contributed by atoms with E-state index < -0.39 is 0 Å². The van der Waals surface area contributed by atoms with Crippen LogP contribution in [0.4, 0.5) is 5.69 Å². The first-order chi connectivity index (χ1) is 14.2. The number of carbonyl (C=O) groups excluding carboxylic acids is 2. The third-order valence-electron chi connectivity index (χ3n) is 4.89. The van der Waals surface area contributed by atoms with Crippen LogP contribution in [0.5, 0.6) is 5.75 Å². The van der Waals surface area contributed by atoms with E-state index in [0.717, 1.165) is 28.9 Å². The summed E-state index contributed by atoms with van der Waals surface area (Å²) in [6.45, 7) is 3.19. The molecule has 1 heterocycles. The highest BCUT2D eigenvalue weighted by atomic mass is 16.5. The zero-order valence-electron chi connectivity index (χ0n) is 16.2. The topological polar surface area (TPSA) is 67.4 Å². The molecule has 3 aromatic rings. The summed E-state index contributed by atoms with van der Waals surface area (Å²) in [6.07, 6.45) is 0.958. The molecule has 0 atom stereocenters. The van der Waals surface area contributed by atoms with Gasteiger partial charge in [-0.1, -0.05) is 43.3 Å². The highest BCUT2D eigenvalue weighted by Gasteiger charge is 2.26. The minimum atomic E-state index is -0.238. The number of benzene rings is 3. The molecule has 5 nitrogen and oxygen atoms in total. The molecule has 0 saturated carbocycles. The second-order valence-electron chi connectivity index (χ2n) is 6.89. The maximum Gasteiger partial charge on any atom is 0.255 e. The molecule has 0 radical (unpaired) electrons. The van der Waals surface area contributed by atoms with Crippen molar-refractivity contribution in [2.75, 3.05) is 11.9 Å². The molecule has 0 bridgehead atoms. The molecule has 0 aromatic heterocycles. The third-order valence-corrected chi connectivity index (χ3v) is 4.89. The van der Waals surface area contributed by atoms with Crippen LogP contribution in [0.15, 0.2) is 66.7 Å². The normalized spacial score (nSPS) is 12.2. The maximum absolute atomic E-state index is 12.5. The fourth-order valence-corrected chi connectivity index (χ4v) is 3.46. The van der Waals surface area contributed by atoms with Gasteiger partial charge >= 0.3 is 0 Å². The summed E-state index contributed by atoms with van der Waals surface area (Å²) in [7, 11) is 0. The summed E-state index contributed by atoms with van der Waals surface area (Å²) in [5.74, 6) is 0.416. The van der Waals surface area contributed by atoms with Gasteiger partial charge in [-0.15, -0.1) is 0 Å². The summed E-state index contributed by atoms with van der Waals surface area (Å²) in [5, 5.41) is 5.75. The second-order valence-corrected chi connectivity index (χ2v) is 6.89. The molecule has 2 N–H and O–H groups in total. The van der Waals surface area contributed by atoms with Crippen LogP contribution in [0.25, 0.3) is 11.1 Å². The van der Waals surface area contributed by atoms with Crippen molar-refractivity contribution in [1.82, 2.24) is 5.32 Å². The molecule has 5 heteroatoms. The third kappa shape index (κ3) is 3.85. The first-order valence-electron chi connectivity index (χ1n) is 9.71. The molecule has 0 spiro atoms. The smallest absolute Gasteiger partial charge is 0.255 e. The van der Waals surface area contributed by atoms with E-state index in [1.807, 2.05) is 48.5 Å². The molecule has 0 fully saturated rings. The molecule has 1 aliphatic heterocycles. The molecule has 3 aromatic carbocycles. The first kappa shape index (κ1) is 18.7. The number of amides is 2. The van der Waals surface area contributed by atoms with Gasteiger partial charge in [0.15, 0.2) is 0 Å². The largest absolute Gasteiger partial charge is 0.494 e. The number of hydrogen-bond acceptors (Lipinski definition) is 3. The molecule has 0 aliphatic carbocycles. The second kappa shape index (κ2) is 8.19. The van der Waals surface area contributed by atoms with Gasteiger partial charge in [-0.05, 0) is 53.4 Å². The van der Waals surface area contributed by atoms with E-state index in [2.05, 4.69) is 17.6 Å². The molecule has 2 amide bonds. The number of ether oxygens (including phenoxy) is 1. The lowest BCUT2D eigenvalue weighted by Gasteiger charge is -2.13. The lowest BCUT2D eigenvalue weighted by molar-refractivity contribution is 0.0966. The van der Waals surface area contributed by atoms with Crippen molar-refractivity contribution in [2.24, 2.45) is 0 Å². The number of nitrogens with one attached hydrogen (secondary N) is 2. The van der Waals surface area contributed by atoms with Crippen molar-refractivity contribution < 1.29 is 14.3 Å². The fraction of sp³-hybridized carbons (Fsp3) is 0.167. The highest BCUT2D eigenvalue weighted by Crippen LogP contribution is 2.34. The van der Waals surface area contributed by atoms with Crippen LogP contribution in [0.2, 0.25) is 0 Å². The van der Waals surface area contributed by atoms with Gasteiger partial charge in [0.2, 0.25) is 0 Å². The monoisotopic (exact) mass is 386 g/mol. The summed E-state index contributed by atoms with van der Waals surface area (Å²) in [6, 6.07) is 20.6. The van der Waals surface area contributed by atoms with Crippen LogP contribution in [0.3, 0.4) is 0 Å². The number of carbonyl (C=O) groups is 2. The summed E-state index contributed by atoms with van der Waals surface area (Å²) >= 11 is 0. The van der Waals surface area contributed by atoms with Crippen LogP contribution in [0, 0.1) is 0 Å². The van der Waals surface area contributed by atoms with Crippen molar-refractivity contribution in [3.8, 4) is 16.9 Å². The molecule has 4 rings (SSSR count). The van der Waals surface area contributed by atoms with Crippen molar-refractivity contribution in [3.63, 3.8) is 0 Å². The van der Waals surface area contributed by atoms with Crippen LogP contribution >= 0.6 is 0 Å². The lowest BCUT2D eigenvalue weighted by Crippen LogP contribution is -2.17. The number of rotatable bonds is 6. The summed E-state index contributed by atoms with van der Waals surface area (Å²) in [4.78, 5) is 25.0. The predicted octanol–water partition coefficient (Wildman–Crippen LogP) is 4.64. The van der Waals surface area contributed by atoms with E-state index >= 15 is 0 Å². The van der Waals surface area contributed by atoms with Crippen molar-refractivity contribution >= 4 is 17.5 Å². The van der Waals surface area contributed by atoms with E-state index in [1.54, 1.807) is 18.2 Å². The Balaban J connectivity index is 1.65. The van der Waals surface area contributed by atoms with Crippen LogP contribution < -0.4 is 15.4 Å². The minimum absolute atomic E-state index is 0.173. The Labute approximate surface area is 169 Å². The molecule has 29 heavy (non-hydrogen) atoms. The first-order valence-corrected chi connectivity index (χ1v) is 9.71. The van der Waals surface area contributed by atoms with E-state index in [1.165, 1.54) is 0 Å². The Kier molecular flexibility index (Phi) is 5.29. The van der Waals surface area contributed by atoms with Crippen molar-refractivity contribution in [1.29, 1.82) is 0 Å². The van der Waals surface area contributed by atoms with Crippen LogP contribution in [0.1, 0.15) is 39.6 Å². The van der Waals surface area contributed by atoms with Gasteiger partial charge in [-0.3, -0.25) is 9.59 Å². The average Bonchev–Trinajstić information content (AvgIpc) is 3.16. The zero-order valence-corrected chi connectivity index (χ0v) is 16.2. The molecule has 146 valence electrons. The maximum atomic E-state index is 12.5. The van der Waals surface area contributed by atoms with E-state index in [4.69, 9.17) is 4.74 Å². The van der Waals surface area contributed by atoms with Gasteiger partial charge in [0.1, 0.15) is 5.75 Å². The number of anilines is 1. The van der Waals surface area contributed by atoms with Crippen molar-refractivity contribution in [3.05, 3.63) is 83.4 Å². The fourth-order valence-electron chi connectivity index (χ4n) is 3.46. The van der Waals surface area contributed by atoms with E-state index in [-0.39, 0.29) is 11.8 Å². The standard InChI is InChI=1S/C24H22N2O3/c1-2-14-29-18-10-8-16(9-11-18)19-12-13-21(22-20(19)15-25-24(22)28)26-23(27)17-6-4-3-5-7-17/h3-13H,2,14-15H2,1H3,(H,25,28)(H,26,27). The molecule has 0 saturated heterocycles. The Hall–Kier alpha value is -3.60. The Morgan fingerprint density at radius 3 is 2.52 bits per heavy atom. The molecule has 0 unspecified atom stereocenters. The quantitative estimate of drug-likeness (QED) is 0.649. The van der Waals surface area contributed by atoms with Gasteiger partial charge < -0.3 is 15.4 Å². The minimum Gasteiger partial charge on any atom is -0.494 e. The predicted molar refractivity (Wildman–Crippen MR) is 113 cm³/mol. The Morgan fingerprint density at radius 1 is 1.03 bits per heavy atom. The van der Waals surface area contributed by atoms with Gasteiger partial charge in [-0.2, -0.15) is 0 Å². The van der Waals surface area contributed by atoms with E-state index in [9.17, 15) is 9.59 Å². The van der Waals surface area contributed by atoms with Crippen molar-refractivity contribution in [2.45, 2.75) is 19.9 Å². The SMILES string of the molecule is CCCOc1ccc(-c2ccc(NC(=O)c3ccccc3)c3c2CNC3=O)cc1. The molecular weight excluding hydrogens is 364 g/mol. The Morgan fingerprint density at radius 2 is 1.79 bits per heavy atom. The molecular formula is C24H22N2O3. The lowest BCUT2D eigenvalue weighted by atomic mass is 9.95. The summed E-state index contributed by atoms with van der Waals surface area (Å²) < 4.78 is 5.65. The van der Waals surface area contributed by atoms with E-state index in [0.29, 0.717) is 30.0 Å². The molecule has 1 aliphatic rings. The van der Waals surface area contributed by atoms with Gasteiger partial charge in [-0.25, -0.2) is 0 Å². The van der Waals surface area contributed by atoms with Gasteiger partial charge in [0.25, 0.3) is 11.8 Å². The summed E-state index contributed by atoms with van der Waals surface area (Å²) in [5.41, 5.74) is 4.46. The number of hydrogen-bond donors (Lipinski definition) is 2. The van der Waals surface area contributed by atoms with Crippen LogP contribution in [-0.4, -0.2) is 18.4 Å². The Bertz CT molecular complexity index is 1040. The van der Waals surface area contributed by atoms with Crippen LogP contribution in [-0.2, 0) is 6.54 Å². The average molecular weight is 386 g/mol. The highest BCUT2D eigenvalue weighted by molar-refractivity contribution is 6.11. The van der Waals surface area contributed by atoms with Gasteiger partial charge in [0.05, 0.1) is 17.9 Å². The number of fused-ring (bicyclic) bond motifs is 1. The zero-order chi connectivity index (χ0) is 20.2.